The van der Waals surface area contributed by atoms with E-state index in [0.717, 1.165) is 30.6 Å². The van der Waals surface area contributed by atoms with Crippen LogP contribution in [0.4, 0.5) is 0 Å². The molecule has 21 heavy (non-hydrogen) atoms. The molecule has 1 N–H and O–H groups in total. The maximum absolute atomic E-state index is 12.4. The lowest BCUT2D eigenvalue weighted by Gasteiger charge is -2.31. The first-order chi connectivity index (χ1) is 10.1. The Hall–Kier alpha value is -0.550. The largest absolute Gasteiger partial charge is 0.455 e. The number of thioether (sulfide) groups is 2. The standard InChI is InChI=1S/C16H23NO2S2/c1-4-10(2)17-15(18)14-11(3)13-12(19-14)6-5-7-16(13)20-8-9-21-16/h10H,4-9H2,1-3H3,(H,17,18). The maximum atomic E-state index is 12.4. The Balaban J connectivity index is 1.95. The highest BCUT2D eigenvalue weighted by atomic mass is 32.2. The summed E-state index contributed by atoms with van der Waals surface area (Å²) in [6, 6.07) is 0.184. The average molecular weight is 325 g/mol. The first-order valence-electron chi connectivity index (χ1n) is 7.79. The van der Waals surface area contributed by atoms with Gasteiger partial charge in [-0.2, -0.15) is 0 Å². The highest BCUT2D eigenvalue weighted by molar-refractivity contribution is 8.20. The summed E-state index contributed by atoms with van der Waals surface area (Å²) in [5.41, 5.74) is 2.38. The van der Waals surface area contributed by atoms with Crippen LogP contribution in [-0.4, -0.2) is 23.5 Å². The van der Waals surface area contributed by atoms with Crippen molar-refractivity contribution in [2.75, 3.05) is 11.5 Å². The molecule has 1 fully saturated rings. The number of amides is 1. The smallest absolute Gasteiger partial charge is 0.287 e. The molecule has 1 saturated heterocycles. The Labute approximate surface area is 135 Å². The molecular weight excluding hydrogens is 302 g/mol. The predicted molar refractivity (Wildman–Crippen MR) is 90.2 cm³/mol. The van der Waals surface area contributed by atoms with Gasteiger partial charge in [-0.1, -0.05) is 6.92 Å². The zero-order valence-electron chi connectivity index (χ0n) is 13.0. The Morgan fingerprint density at radius 2 is 2.14 bits per heavy atom. The zero-order valence-corrected chi connectivity index (χ0v) is 14.6. The highest BCUT2D eigenvalue weighted by Gasteiger charge is 2.45. The van der Waals surface area contributed by atoms with Gasteiger partial charge in [0.25, 0.3) is 5.91 Å². The van der Waals surface area contributed by atoms with Gasteiger partial charge in [-0.25, -0.2) is 0 Å². The van der Waals surface area contributed by atoms with Crippen molar-refractivity contribution in [3.05, 3.63) is 22.6 Å². The van der Waals surface area contributed by atoms with E-state index in [1.165, 1.54) is 23.5 Å². The second kappa shape index (κ2) is 5.92. The van der Waals surface area contributed by atoms with Crippen molar-refractivity contribution in [3.63, 3.8) is 0 Å². The summed E-state index contributed by atoms with van der Waals surface area (Å²) in [7, 11) is 0. The number of hydrogen-bond donors (Lipinski definition) is 1. The van der Waals surface area contributed by atoms with E-state index < -0.39 is 0 Å². The Kier molecular flexibility index (Phi) is 4.33. The molecule has 1 unspecified atom stereocenters. The minimum atomic E-state index is -0.0561. The third kappa shape index (κ3) is 2.63. The summed E-state index contributed by atoms with van der Waals surface area (Å²) >= 11 is 4.07. The van der Waals surface area contributed by atoms with Crippen LogP contribution in [-0.2, 0) is 10.5 Å². The summed E-state index contributed by atoms with van der Waals surface area (Å²) in [5.74, 6) is 3.93. The van der Waals surface area contributed by atoms with Crippen LogP contribution >= 0.6 is 23.5 Å². The van der Waals surface area contributed by atoms with Gasteiger partial charge in [0.1, 0.15) is 5.76 Å². The van der Waals surface area contributed by atoms with Gasteiger partial charge in [0.05, 0.1) is 4.08 Å². The van der Waals surface area contributed by atoms with Gasteiger partial charge in [-0.3, -0.25) is 4.79 Å². The quantitative estimate of drug-likeness (QED) is 0.909. The summed E-state index contributed by atoms with van der Waals surface area (Å²) in [6.07, 6.45) is 4.25. The Morgan fingerprint density at radius 1 is 1.43 bits per heavy atom. The Morgan fingerprint density at radius 3 is 2.81 bits per heavy atom. The average Bonchev–Trinajstić information content (AvgIpc) is 3.05. The van der Waals surface area contributed by atoms with Crippen LogP contribution in [0.2, 0.25) is 0 Å². The molecule has 3 nitrogen and oxygen atoms in total. The van der Waals surface area contributed by atoms with Gasteiger partial charge in [-0.05, 0) is 33.1 Å². The Bertz CT molecular complexity index is 547. The second-order valence-corrected chi connectivity index (χ2v) is 8.99. The summed E-state index contributed by atoms with van der Waals surface area (Å²) < 4.78 is 6.14. The molecule has 1 spiro atoms. The summed E-state index contributed by atoms with van der Waals surface area (Å²) in [5, 5.41) is 3.03. The first-order valence-corrected chi connectivity index (χ1v) is 9.76. The lowest BCUT2D eigenvalue weighted by atomic mass is 9.94. The van der Waals surface area contributed by atoms with Crippen LogP contribution < -0.4 is 5.32 Å². The fourth-order valence-corrected chi connectivity index (χ4v) is 6.77. The number of hydrogen-bond acceptors (Lipinski definition) is 4. The minimum Gasteiger partial charge on any atom is -0.455 e. The minimum absolute atomic E-state index is 0.0561. The SMILES string of the molecule is CCC(C)NC(=O)c1oc2c(c1C)C1(CCC2)SCCS1. The van der Waals surface area contributed by atoms with E-state index in [2.05, 4.69) is 19.2 Å². The van der Waals surface area contributed by atoms with Gasteiger partial charge in [-0.15, -0.1) is 23.5 Å². The van der Waals surface area contributed by atoms with Gasteiger partial charge in [0.15, 0.2) is 5.76 Å². The first kappa shape index (κ1) is 15.3. The summed E-state index contributed by atoms with van der Waals surface area (Å²) in [4.78, 5) is 12.4. The topological polar surface area (TPSA) is 42.2 Å². The van der Waals surface area contributed by atoms with Gasteiger partial charge < -0.3 is 9.73 Å². The van der Waals surface area contributed by atoms with E-state index in [1.54, 1.807) is 0 Å². The lowest BCUT2D eigenvalue weighted by Crippen LogP contribution is -2.32. The van der Waals surface area contributed by atoms with Gasteiger partial charge >= 0.3 is 0 Å². The van der Waals surface area contributed by atoms with Crippen molar-refractivity contribution in [2.45, 2.75) is 56.6 Å². The molecule has 2 aliphatic rings. The van der Waals surface area contributed by atoms with Crippen LogP contribution in [0.3, 0.4) is 0 Å². The van der Waals surface area contributed by atoms with Crippen LogP contribution in [0.15, 0.2) is 4.42 Å². The third-order valence-corrected chi connectivity index (χ3v) is 7.99. The van der Waals surface area contributed by atoms with E-state index in [4.69, 9.17) is 4.42 Å². The van der Waals surface area contributed by atoms with E-state index in [1.807, 2.05) is 30.4 Å². The van der Waals surface area contributed by atoms with E-state index in [-0.39, 0.29) is 16.0 Å². The van der Waals surface area contributed by atoms with E-state index in [0.29, 0.717) is 5.76 Å². The van der Waals surface area contributed by atoms with Gasteiger partial charge in [0, 0.05) is 35.1 Å². The molecule has 1 amide bonds. The highest BCUT2D eigenvalue weighted by Crippen LogP contribution is 2.59. The van der Waals surface area contributed by atoms with Crippen LogP contribution in [0.25, 0.3) is 0 Å². The zero-order chi connectivity index (χ0) is 15.0. The van der Waals surface area contributed by atoms with E-state index >= 15 is 0 Å². The molecule has 116 valence electrons. The predicted octanol–water partition coefficient (Wildman–Crippen LogP) is 4.09. The van der Waals surface area contributed by atoms with Crippen molar-refractivity contribution in [2.24, 2.45) is 0 Å². The van der Waals surface area contributed by atoms with Crippen LogP contribution in [0.1, 0.15) is 60.6 Å². The second-order valence-electron chi connectivity index (χ2n) is 5.94. The number of fused-ring (bicyclic) bond motifs is 2. The number of aryl methyl sites for hydroxylation is 1. The van der Waals surface area contributed by atoms with Crippen molar-refractivity contribution in [3.8, 4) is 0 Å². The molecule has 0 aromatic carbocycles. The molecule has 3 rings (SSSR count). The van der Waals surface area contributed by atoms with Crippen LogP contribution in [0, 0.1) is 6.92 Å². The summed E-state index contributed by atoms with van der Waals surface area (Å²) in [6.45, 7) is 6.16. The molecule has 1 aromatic heterocycles. The molecule has 1 atom stereocenters. The molecule has 1 aliphatic carbocycles. The van der Waals surface area contributed by atoms with Crippen molar-refractivity contribution >= 4 is 29.4 Å². The number of carbonyl (C=O) groups excluding carboxylic acids is 1. The maximum Gasteiger partial charge on any atom is 0.287 e. The molecule has 5 heteroatoms. The lowest BCUT2D eigenvalue weighted by molar-refractivity contribution is 0.0908. The molecule has 0 saturated carbocycles. The molecule has 0 bridgehead atoms. The van der Waals surface area contributed by atoms with E-state index in [9.17, 15) is 4.79 Å². The number of nitrogens with one attached hydrogen (secondary N) is 1. The third-order valence-electron chi connectivity index (χ3n) is 4.46. The number of carbonyl (C=O) groups is 1. The fourth-order valence-electron chi connectivity index (χ4n) is 3.21. The van der Waals surface area contributed by atoms with Gasteiger partial charge in [0.2, 0.25) is 0 Å². The molecule has 1 aromatic rings. The molecule has 2 heterocycles. The molecule has 1 aliphatic heterocycles. The monoisotopic (exact) mass is 325 g/mol. The molecule has 0 radical (unpaired) electrons. The van der Waals surface area contributed by atoms with Crippen molar-refractivity contribution < 1.29 is 9.21 Å². The molecular formula is C16H23NO2S2. The van der Waals surface area contributed by atoms with Crippen LogP contribution in [0.5, 0.6) is 0 Å². The van der Waals surface area contributed by atoms with Crippen molar-refractivity contribution in [1.29, 1.82) is 0 Å². The van der Waals surface area contributed by atoms with Crippen molar-refractivity contribution in [1.82, 2.24) is 5.32 Å². The number of rotatable bonds is 3. The fraction of sp³-hybridized carbons (Fsp3) is 0.688. The normalized spacial score (nSPS) is 21.3. The number of furan rings is 1.